The molecule has 0 aliphatic carbocycles. The second kappa shape index (κ2) is 11.3. The fraction of sp³-hybridized carbons (Fsp3) is 0.917. The zero-order valence-electron chi connectivity index (χ0n) is 11.3. The van der Waals surface area contributed by atoms with Crippen molar-refractivity contribution in [1.82, 2.24) is 4.90 Å². The third-order valence-electron chi connectivity index (χ3n) is 2.69. The van der Waals surface area contributed by atoms with Gasteiger partial charge in [-0.1, -0.05) is 13.8 Å². The fourth-order valence-electron chi connectivity index (χ4n) is 1.37. The standard InChI is InChI=1S/C12H25NO5/c1-3-13(4-2)6-5-7-17-12(16)18-10-11(8-14)9-15/h11,14-15H,3-10H2,1-2H3. The molecule has 0 aliphatic rings. The fourth-order valence-corrected chi connectivity index (χ4v) is 1.37. The van der Waals surface area contributed by atoms with Crippen molar-refractivity contribution >= 4 is 6.16 Å². The van der Waals surface area contributed by atoms with Crippen molar-refractivity contribution in [3.63, 3.8) is 0 Å². The van der Waals surface area contributed by atoms with Gasteiger partial charge in [-0.3, -0.25) is 0 Å². The maximum Gasteiger partial charge on any atom is 0.508 e. The monoisotopic (exact) mass is 263 g/mol. The number of aliphatic hydroxyl groups is 2. The van der Waals surface area contributed by atoms with E-state index in [0.717, 1.165) is 26.1 Å². The molecule has 0 bridgehead atoms. The van der Waals surface area contributed by atoms with Gasteiger partial charge in [-0.15, -0.1) is 0 Å². The van der Waals surface area contributed by atoms with E-state index in [1.54, 1.807) is 0 Å². The Morgan fingerprint density at radius 2 is 1.78 bits per heavy atom. The summed E-state index contributed by atoms with van der Waals surface area (Å²) < 4.78 is 9.62. The molecule has 0 aliphatic heterocycles. The maximum absolute atomic E-state index is 11.1. The number of hydrogen-bond donors (Lipinski definition) is 2. The largest absolute Gasteiger partial charge is 0.508 e. The van der Waals surface area contributed by atoms with Gasteiger partial charge in [0.05, 0.1) is 19.8 Å². The normalized spacial score (nSPS) is 11.0. The number of ether oxygens (including phenoxy) is 2. The van der Waals surface area contributed by atoms with Crippen LogP contribution in [0.4, 0.5) is 4.79 Å². The average Bonchev–Trinajstić information content (AvgIpc) is 2.40. The first-order valence-electron chi connectivity index (χ1n) is 6.41. The van der Waals surface area contributed by atoms with Crippen molar-refractivity contribution in [2.45, 2.75) is 20.3 Å². The van der Waals surface area contributed by atoms with Crippen molar-refractivity contribution in [3.8, 4) is 0 Å². The first-order valence-corrected chi connectivity index (χ1v) is 6.41. The Labute approximate surface area is 108 Å². The van der Waals surface area contributed by atoms with Crippen LogP contribution in [0.25, 0.3) is 0 Å². The van der Waals surface area contributed by atoms with Crippen LogP contribution in [0.15, 0.2) is 0 Å². The summed E-state index contributed by atoms with van der Waals surface area (Å²) in [4.78, 5) is 13.4. The lowest BCUT2D eigenvalue weighted by Gasteiger charge is -2.17. The molecule has 6 nitrogen and oxygen atoms in total. The molecule has 6 heteroatoms. The summed E-state index contributed by atoms with van der Waals surface area (Å²) in [5.74, 6) is -0.437. The molecule has 0 aromatic carbocycles. The Bertz CT molecular complexity index is 205. The number of rotatable bonds is 10. The predicted molar refractivity (Wildman–Crippen MR) is 67.4 cm³/mol. The average molecular weight is 263 g/mol. The van der Waals surface area contributed by atoms with Gasteiger partial charge in [0.15, 0.2) is 0 Å². The maximum atomic E-state index is 11.1. The van der Waals surface area contributed by atoms with Crippen molar-refractivity contribution in [2.24, 2.45) is 5.92 Å². The number of hydrogen-bond acceptors (Lipinski definition) is 6. The van der Waals surface area contributed by atoms with E-state index in [4.69, 9.17) is 19.7 Å². The lowest BCUT2D eigenvalue weighted by atomic mass is 10.2. The van der Waals surface area contributed by atoms with Gasteiger partial charge in [0.1, 0.15) is 6.61 Å². The minimum atomic E-state index is -0.749. The number of nitrogens with zero attached hydrogens (tertiary/aromatic N) is 1. The van der Waals surface area contributed by atoms with Crippen molar-refractivity contribution < 1.29 is 24.5 Å². The molecule has 0 fully saturated rings. The van der Waals surface area contributed by atoms with E-state index in [1.807, 2.05) is 0 Å². The molecule has 0 heterocycles. The van der Waals surface area contributed by atoms with Crippen LogP contribution in [-0.2, 0) is 9.47 Å². The summed E-state index contributed by atoms with van der Waals surface area (Å²) in [6.45, 7) is 6.88. The molecule has 108 valence electrons. The summed E-state index contributed by atoms with van der Waals surface area (Å²) in [5, 5.41) is 17.5. The van der Waals surface area contributed by atoms with Crippen LogP contribution >= 0.6 is 0 Å². The minimum absolute atomic E-state index is 0.0259. The Morgan fingerprint density at radius 1 is 1.17 bits per heavy atom. The molecule has 0 spiro atoms. The topological polar surface area (TPSA) is 79.2 Å². The Balaban J connectivity index is 3.53. The highest BCUT2D eigenvalue weighted by molar-refractivity contribution is 5.59. The van der Waals surface area contributed by atoms with E-state index in [9.17, 15) is 4.79 Å². The SMILES string of the molecule is CCN(CC)CCCOC(=O)OCC(CO)CO. The lowest BCUT2D eigenvalue weighted by molar-refractivity contribution is 0.0235. The van der Waals surface area contributed by atoms with Gasteiger partial charge in [-0.2, -0.15) is 0 Å². The first-order chi connectivity index (χ1) is 8.67. The summed E-state index contributed by atoms with van der Waals surface area (Å²) in [7, 11) is 0. The Kier molecular flexibility index (Phi) is 10.7. The Hall–Kier alpha value is -0.850. The van der Waals surface area contributed by atoms with Crippen LogP contribution in [0.1, 0.15) is 20.3 Å². The Morgan fingerprint density at radius 3 is 2.28 bits per heavy atom. The van der Waals surface area contributed by atoms with Crippen molar-refractivity contribution in [3.05, 3.63) is 0 Å². The van der Waals surface area contributed by atoms with Gasteiger partial charge >= 0.3 is 6.16 Å². The molecule has 0 unspecified atom stereocenters. The summed E-state index contributed by atoms with van der Waals surface area (Å²) >= 11 is 0. The molecule has 0 rings (SSSR count). The third-order valence-corrected chi connectivity index (χ3v) is 2.69. The van der Waals surface area contributed by atoms with Gasteiger partial charge in [0, 0.05) is 12.5 Å². The highest BCUT2D eigenvalue weighted by Gasteiger charge is 2.10. The second-order valence-corrected chi connectivity index (χ2v) is 4.02. The van der Waals surface area contributed by atoms with E-state index in [1.165, 1.54) is 0 Å². The van der Waals surface area contributed by atoms with Gasteiger partial charge in [0.25, 0.3) is 0 Å². The number of carbonyl (C=O) groups is 1. The molecule has 0 amide bonds. The molecule has 0 radical (unpaired) electrons. The van der Waals surface area contributed by atoms with Crippen LogP contribution < -0.4 is 0 Å². The number of carbonyl (C=O) groups excluding carboxylic acids is 1. The highest BCUT2D eigenvalue weighted by atomic mass is 16.7. The molecule has 0 atom stereocenters. The molecule has 0 saturated carbocycles. The molecule has 18 heavy (non-hydrogen) atoms. The summed E-state index contributed by atoms with van der Waals surface area (Å²) in [5.41, 5.74) is 0. The predicted octanol–water partition coefficient (Wildman–Crippen LogP) is 0.472. The van der Waals surface area contributed by atoms with Gasteiger partial charge in [0.2, 0.25) is 0 Å². The van der Waals surface area contributed by atoms with E-state index in [-0.39, 0.29) is 19.8 Å². The van der Waals surface area contributed by atoms with Crippen LogP contribution in [0.3, 0.4) is 0 Å². The van der Waals surface area contributed by atoms with E-state index >= 15 is 0 Å². The van der Waals surface area contributed by atoms with Gasteiger partial charge in [-0.05, 0) is 19.5 Å². The number of aliphatic hydroxyl groups excluding tert-OH is 2. The second-order valence-electron chi connectivity index (χ2n) is 4.02. The van der Waals surface area contributed by atoms with Crippen molar-refractivity contribution in [1.29, 1.82) is 0 Å². The van der Waals surface area contributed by atoms with Crippen molar-refractivity contribution in [2.75, 3.05) is 46.1 Å². The summed E-state index contributed by atoms with van der Waals surface area (Å²) in [6, 6.07) is 0. The zero-order valence-corrected chi connectivity index (χ0v) is 11.3. The molecule has 0 saturated heterocycles. The molecule has 2 N–H and O–H groups in total. The molecular weight excluding hydrogens is 238 g/mol. The quantitative estimate of drug-likeness (QED) is 0.441. The molecular formula is C12H25NO5. The lowest BCUT2D eigenvalue weighted by Crippen LogP contribution is -2.25. The van der Waals surface area contributed by atoms with Crippen LogP contribution in [0.2, 0.25) is 0 Å². The molecule has 0 aromatic rings. The smallest absolute Gasteiger partial charge is 0.434 e. The highest BCUT2D eigenvalue weighted by Crippen LogP contribution is 1.98. The van der Waals surface area contributed by atoms with Crippen LogP contribution in [0.5, 0.6) is 0 Å². The zero-order chi connectivity index (χ0) is 13.8. The van der Waals surface area contributed by atoms with Gasteiger partial charge in [-0.25, -0.2) is 4.79 Å². The minimum Gasteiger partial charge on any atom is -0.434 e. The first kappa shape index (κ1) is 17.2. The van der Waals surface area contributed by atoms with Gasteiger partial charge < -0.3 is 24.6 Å². The van der Waals surface area contributed by atoms with E-state index in [0.29, 0.717) is 6.61 Å². The van der Waals surface area contributed by atoms with Crippen LogP contribution in [-0.4, -0.2) is 67.3 Å². The molecule has 0 aromatic heterocycles. The van der Waals surface area contributed by atoms with E-state index in [2.05, 4.69) is 18.7 Å². The summed E-state index contributed by atoms with van der Waals surface area (Å²) in [6.07, 6.45) is 0.0154. The third kappa shape index (κ3) is 8.27. The van der Waals surface area contributed by atoms with E-state index < -0.39 is 12.1 Å². The van der Waals surface area contributed by atoms with Crippen LogP contribution in [0, 0.1) is 5.92 Å².